The second kappa shape index (κ2) is 10.4. The zero-order valence-electron chi connectivity index (χ0n) is 20.9. The minimum Gasteiger partial charge on any atom is -0.491 e. The summed E-state index contributed by atoms with van der Waals surface area (Å²) in [6.07, 6.45) is 8.85. The molecule has 1 aromatic heterocycles. The lowest BCUT2D eigenvalue weighted by Gasteiger charge is -2.41. The van der Waals surface area contributed by atoms with Crippen LogP contribution in [-0.2, 0) is 17.8 Å². The van der Waals surface area contributed by atoms with Gasteiger partial charge in [-0.15, -0.1) is 0 Å². The van der Waals surface area contributed by atoms with Crippen LogP contribution in [0.5, 0.6) is 5.75 Å². The maximum Gasteiger partial charge on any atom is 0.272 e. The third-order valence-corrected chi connectivity index (χ3v) is 8.02. The molecule has 0 radical (unpaired) electrons. The molecule has 1 saturated carbocycles. The normalized spacial score (nSPS) is 21.2. The molecule has 0 bridgehead atoms. The standard InChI is InChI=1S/C28H38N4O3/c1-2-32-24(20-23(30-32)21-11-12-21)26(33)31-17-14-28(15-18-31)13-7-3-4-8-22-9-5-6-10-25(22)35-19-16-29-27(28)34/h5-6,9-10,20-21H,2-4,7-8,11-19H2,1H3,(H,29,34). The van der Waals surface area contributed by atoms with Crippen LogP contribution < -0.4 is 10.1 Å². The summed E-state index contributed by atoms with van der Waals surface area (Å²) < 4.78 is 7.84. The molecule has 7 heteroatoms. The lowest BCUT2D eigenvalue weighted by atomic mass is 9.73. The van der Waals surface area contributed by atoms with Gasteiger partial charge in [0.05, 0.1) is 17.7 Å². The highest BCUT2D eigenvalue weighted by Crippen LogP contribution is 2.40. The highest BCUT2D eigenvalue weighted by atomic mass is 16.5. The maximum absolute atomic E-state index is 13.4. The van der Waals surface area contributed by atoms with E-state index in [0.29, 0.717) is 57.2 Å². The number of likely N-dealkylation sites (tertiary alicyclic amines) is 1. The molecule has 2 aliphatic heterocycles. The second-order valence-electron chi connectivity index (χ2n) is 10.4. The monoisotopic (exact) mass is 478 g/mol. The van der Waals surface area contributed by atoms with E-state index in [2.05, 4.69) is 22.5 Å². The summed E-state index contributed by atoms with van der Waals surface area (Å²) in [7, 11) is 0. The molecule has 2 fully saturated rings. The molecule has 35 heavy (non-hydrogen) atoms. The summed E-state index contributed by atoms with van der Waals surface area (Å²) in [4.78, 5) is 28.7. The number of aromatic nitrogens is 2. The SMILES string of the molecule is CCn1nc(C2CC2)cc1C(=O)N1CCC2(CCCCCc3ccccc3OCCNC2=O)CC1. The minimum atomic E-state index is -0.401. The molecule has 5 rings (SSSR count). The molecular formula is C28H38N4O3. The van der Waals surface area contributed by atoms with Crippen molar-refractivity contribution in [1.29, 1.82) is 0 Å². The highest BCUT2D eigenvalue weighted by molar-refractivity contribution is 5.93. The molecule has 0 atom stereocenters. The fourth-order valence-corrected chi connectivity index (χ4v) is 5.64. The van der Waals surface area contributed by atoms with E-state index >= 15 is 0 Å². The third-order valence-electron chi connectivity index (χ3n) is 8.02. The van der Waals surface area contributed by atoms with Gasteiger partial charge >= 0.3 is 0 Å². The fourth-order valence-electron chi connectivity index (χ4n) is 5.64. The number of rotatable bonds is 3. The van der Waals surface area contributed by atoms with E-state index in [4.69, 9.17) is 4.74 Å². The van der Waals surface area contributed by atoms with Crippen molar-refractivity contribution < 1.29 is 14.3 Å². The topological polar surface area (TPSA) is 76.5 Å². The number of benzene rings is 1. The smallest absolute Gasteiger partial charge is 0.272 e. The molecular weight excluding hydrogens is 440 g/mol. The molecule has 3 aliphatic rings. The quantitative estimate of drug-likeness (QED) is 0.713. The summed E-state index contributed by atoms with van der Waals surface area (Å²) in [5, 5.41) is 7.82. The van der Waals surface area contributed by atoms with Crippen molar-refractivity contribution in [2.75, 3.05) is 26.2 Å². The number of piperidine rings is 1. The average Bonchev–Trinajstić information content (AvgIpc) is 3.65. The first-order valence-corrected chi connectivity index (χ1v) is 13.5. The molecule has 2 amide bonds. The molecule has 7 nitrogen and oxygen atoms in total. The average molecular weight is 479 g/mol. The van der Waals surface area contributed by atoms with Crippen LogP contribution in [0.4, 0.5) is 0 Å². The Morgan fingerprint density at radius 2 is 1.94 bits per heavy atom. The number of nitrogens with zero attached hydrogens (tertiary/aromatic N) is 3. The van der Waals surface area contributed by atoms with Crippen LogP contribution in [0.15, 0.2) is 30.3 Å². The van der Waals surface area contributed by atoms with Crippen molar-refractivity contribution in [2.45, 2.75) is 77.2 Å². The van der Waals surface area contributed by atoms with Crippen LogP contribution in [0, 0.1) is 5.41 Å². The number of fused-ring (bicyclic) bond motifs is 1. The Hall–Kier alpha value is -2.83. The van der Waals surface area contributed by atoms with Gasteiger partial charge in [0.25, 0.3) is 5.91 Å². The fraction of sp³-hybridized carbons (Fsp3) is 0.607. The van der Waals surface area contributed by atoms with Gasteiger partial charge in [-0.25, -0.2) is 0 Å². The number of nitrogens with one attached hydrogen (secondary N) is 1. The third kappa shape index (κ3) is 5.24. The molecule has 0 unspecified atom stereocenters. The van der Waals surface area contributed by atoms with Gasteiger partial charge in [-0.2, -0.15) is 5.10 Å². The van der Waals surface area contributed by atoms with Gasteiger partial charge < -0.3 is 15.0 Å². The van der Waals surface area contributed by atoms with Crippen LogP contribution in [0.1, 0.15) is 86.0 Å². The van der Waals surface area contributed by atoms with E-state index in [-0.39, 0.29) is 11.8 Å². The van der Waals surface area contributed by atoms with Crippen LogP contribution >= 0.6 is 0 Å². The first-order chi connectivity index (χ1) is 17.1. The molecule has 1 saturated heterocycles. The number of carbonyl (C=O) groups is 2. The van der Waals surface area contributed by atoms with E-state index in [0.717, 1.165) is 43.5 Å². The summed E-state index contributed by atoms with van der Waals surface area (Å²) in [5.74, 6) is 1.63. The molecule has 3 heterocycles. The van der Waals surface area contributed by atoms with Crippen LogP contribution in [0.25, 0.3) is 0 Å². The zero-order valence-corrected chi connectivity index (χ0v) is 20.9. The van der Waals surface area contributed by atoms with Gasteiger partial charge in [0, 0.05) is 25.6 Å². The summed E-state index contributed by atoms with van der Waals surface area (Å²) in [6, 6.07) is 10.2. The van der Waals surface area contributed by atoms with E-state index in [1.807, 2.05) is 34.7 Å². The van der Waals surface area contributed by atoms with Gasteiger partial charge in [-0.1, -0.05) is 31.0 Å². The van der Waals surface area contributed by atoms with Crippen molar-refractivity contribution in [2.24, 2.45) is 5.41 Å². The van der Waals surface area contributed by atoms with Crippen LogP contribution in [0.2, 0.25) is 0 Å². The Morgan fingerprint density at radius 1 is 1.14 bits per heavy atom. The van der Waals surface area contributed by atoms with E-state index in [1.54, 1.807) is 0 Å². The van der Waals surface area contributed by atoms with Crippen molar-refractivity contribution in [3.63, 3.8) is 0 Å². The first-order valence-electron chi connectivity index (χ1n) is 13.5. The molecule has 1 aromatic carbocycles. The Bertz CT molecular complexity index is 1050. The van der Waals surface area contributed by atoms with Crippen LogP contribution in [0.3, 0.4) is 0 Å². The Morgan fingerprint density at radius 3 is 2.71 bits per heavy atom. The maximum atomic E-state index is 13.4. The minimum absolute atomic E-state index is 0.0531. The number of aryl methyl sites for hydroxylation is 2. The number of amides is 2. The summed E-state index contributed by atoms with van der Waals surface area (Å²) >= 11 is 0. The Labute approximate surface area is 208 Å². The van der Waals surface area contributed by atoms with Gasteiger partial charge in [0.2, 0.25) is 5.91 Å². The van der Waals surface area contributed by atoms with Crippen molar-refractivity contribution in [1.82, 2.24) is 20.0 Å². The first kappa shape index (κ1) is 23.9. The molecule has 188 valence electrons. The number of ether oxygens (including phenoxy) is 1. The van der Waals surface area contributed by atoms with Crippen molar-refractivity contribution >= 4 is 11.8 Å². The van der Waals surface area contributed by atoms with Crippen molar-refractivity contribution in [3.8, 4) is 5.75 Å². The molecule has 1 spiro atoms. The van der Waals surface area contributed by atoms with E-state index in [9.17, 15) is 9.59 Å². The van der Waals surface area contributed by atoms with Crippen molar-refractivity contribution in [3.05, 3.63) is 47.3 Å². The number of carbonyl (C=O) groups excluding carboxylic acids is 2. The van der Waals surface area contributed by atoms with E-state index < -0.39 is 5.41 Å². The summed E-state index contributed by atoms with van der Waals surface area (Å²) in [6.45, 7) is 4.92. The Balaban J connectivity index is 1.23. The van der Waals surface area contributed by atoms with Gasteiger partial charge in [0.15, 0.2) is 0 Å². The number of hydrogen-bond acceptors (Lipinski definition) is 4. The number of para-hydroxylation sites is 1. The summed E-state index contributed by atoms with van der Waals surface area (Å²) in [5.41, 5.74) is 2.60. The molecule has 2 aromatic rings. The molecule has 1 aliphatic carbocycles. The predicted molar refractivity (Wildman–Crippen MR) is 135 cm³/mol. The zero-order chi connectivity index (χ0) is 24.3. The largest absolute Gasteiger partial charge is 0.491 e. The number of hydrogen-bond donors (Lipinski definition) is 1. The second-order valence-corrected chi connectivity index (χ2v) is 10.4. The van der Waals surface area contributed by atoms with Gasteiger partial charge in [-0.3, -0.25) is 14.3 Å². The van der Waals surface area contributed by atoms with E-state index in [1.165, 1.54) is 18.4 Å². The lowest BCUT2D eigenvalue weighted by molar-refractivity contribution is -0.134. The lowest BCUT2D eigenvalue weighted by Crippen LogP contribution is -2.51. The van der Waals surface area contributed by atoms with Gasteiger partial charge in [-0.05, 0) is 69.6 Å². The predicted octanol–water partition coefficient (Wildman–Crippen LogP) is 4.31. The highest BCUT2D eigenvalue weighted by Gasteiger charge is 2.42. The van der Waals surface area contributed by atoms with Crippen LogP contribution in [-0.4, -0.2) is 52.7 Å². The molecule has 1 N–H and O–H groups in total. The Kier molecular flexibility index (Phi) is 7.12. The van der Waals surface area contributed by atoms with Gasteiger partial charge in [0.1, 0.15) is 18.1 Å².